The number of esters is 1. The predicted octanol–water partition coefficient (Wildman–Crippen LogP) is 5.49. The van der Waals surface area contributed by atoms with Gasteiger partial charge in [0.1, 0.15) is 0 Å². The molecule has 0 aliphatic rings. The standard InChI is InChI=1S/C15H11F9N2O3/c1-7-3-5-8(6-4-7)25-26-9(11(28)29-2)10(27)12(16,17)13(18,19)14(20,21)15(22,23)24/h3-6,27H,1-2H3/b10-9-,26-25?. The van der Waals surface area contributed by atoms with Crippen LogP contribution in [0.25, 0.3) is 0 Å². The van der Waals surface area contributed by atoms with E-state index in [-0.39, 0.29) is 5.69 Å². The highest BCUT2D eigenvalue weighted by Gasteiger charge is 2.83. The third kappa shape index (κ3) is 4.45. The van der Waals surface area contributed by atoms with Crippen LogP contribution in [-0.4, -0.2) is 42.1 Å². The molecule has 0 bridgehead atoms. The number of hydrogen-bond acceptors (Lipinski definition) is 5. The van der Waals surface area contributed by atoms with Gasteiger partial charge in [0.05, 0.1) is 12.8 Å². The zero-order valence-electron chi connectivity index (χ0n) is 14.4. The van der Waals surface area contributed by atoms with E-state index in [2.05, 4.69) is 15.0 Å². The average Bonchev–Trinajstić information content (AvgIpc) is 2.61. The number of carbonyl (C=O) groups is 1. The number of aryl methyl sites for hydroxylation is 1. The number of rotatable bonds is 6. The van der Waals surface area contributed by atoms with Gasteiger partial charge < -0.3 is 9.84 Å². The summed E-state index contributed by atoms with van der Waals surface area (Å²) in [7, 11) is 0.512. The number of azo groups is 1. The molecule has 0 unspecified atom stereocenters. The second-order valence-corrected chi connectivity index (χ2v) is 5.45. The molecule has 162 valence electrons. The Kier molecular flexibility index (Phi) is 6.61. The fourth-order valence-corrected chi connectivity index (χ4v) is 1.67. The summed E-state index contributed by atoms with van der Waals surface area (Å²) in [5.41, 5.74) is -1.58. The first kappa shape index (κ1) is 24.2. The zero-order valence-corrected chi connectivity index (χ0v) is 14.4. The van der Waals surface area contributed by atoms with Gasteiger partial charge in [0.2, 0.25) is 11.5 Å². The zero-order chi connectivity index (χ0) is 22.8. The van der Waals surface area contributed by atoms with Crippen molar-refractivity contribution in [1.29, 1.82) is 0 Å². The molecule has 29 heavy (non-hydrogen) atoms. The molecule has 0 spiro atoms. The van der Waals surface area contributed by atoms with Crippen molar-refractivity contribution < 1.29 is 54.2 Å². The third-order valence-electron chi connectivity index (χ3n) is 3.34. The Morgan fingerprint density at radius 3 is 1.83 bits per heavy atom. The molecule has 1 rings (SSSR count). The normalized spacial score (nSPS) is 14.7. The van der Waals surface area contributed by atoms with Crippen molar-refractivity contribution in [2.75, 3.05) is 7.11 Å². The van der Waals surface area contributed by atoms with E-state index in [0.717, 1.165) is 0 Å². The van der Waals surface area contributed by atoms with E-state index in [1.807, 2.05) is 0 Å². The van der Waals surface area contributed by atoms with E-state index < -0.39 is 41.4 Å². The van der Waals surface area contributed by atoms with Crippen LogP contribution >= 0.6 is 0 Å². The van der Waals surface area contributed by atoms with Crippen molar-refractivity contribution in [2.45, 2.75) is 30.9 Å². The summed E-state index contributed by atoms with van der Waals surface area (Å²) in [5, 5.41) is 15.2. The Hall–Kier alpha value is -2.80. The van der Waals surface area contributed by atoms with E-state index in [1.165, 1.54) is 24.3 Å². The molecule has 0 saturated carbocycles. The summed E-state index contributed by atoms with van der Waals surface area (Å²) in [6, 6.07) is 5.25. The van der Waals surface area contributed by atoms with Crippen LogP contribution in [0, 0.1) is 6.92 Å². The molecule has 0 heterocycles. The van der Waals surface area contributed by atoms with Crippen LogP contribution in [0.4, 0.5) is 45.2 Å². The lowest BCUT2D eigenvalue weighted by Crippen LogP contribution is -2.61. The molecule has 0 aliphatic carbocycles. The van der Waals surface area contributed by atoms with Gasteiger partial charge in [-0.15, -0.1) is 5.11 Å². The first-order valence-corrected chi connectivity index (χ1v) is 7.21. The smallest absolute Gasteiger partial charge is 0.460 e. The van der Waals surface area contributed by atoms with Gasteiger partial charge >= 0.3 is 29.9 Å². The number of aliphatic hydroxyl groups is 1. The Morgan fingerprint density at radius 1 is 0.931 bits per heavy atom. The highest BCUT2D eigenvalue weighted by atomic mass is 19.4. The number of benzene rings is 1. The van der Waals surface area contributed by atoms with Crippen LogP contribution in [-0.2, 0) is 9.53 Å². The van der Waals surface area contributed by atoms with Crippen LogP contribution in [0.2, 0.25) is 0 Å². The number of halogens is 9. The maximum Gasteiger partial charge on any atom is 0.460 e. The minimum absolute atomic E-state index is 0.166. The molecule has 5 nitrogen and oxygen atoms in total. The van der Waals surface area contributed by atoms with Gasteiger partial charge in [0.15, 0.2) is 0 Å². The topological polar surface area (TPSA) is 71.2 Å². The summed E-state index contributed by atoms with van der Waals surface area (Å²) in [5.74, 6) is -26.3. The van der Waals surface area contributed by atoms with E-state index in [1.54, 1.807) is 6.92 Å². The van der Waals surface area contributed by atoms with Gasteiger partial charge in [-0.2, -0.15) is 44.6 Å². The number of alkyl halides is 9. The minimum Gasteiger partial charge on any atom is -0.504 e. The molecule has 0 fully saturated rings. The maximum atomic E-state index is 13.8. The van der Waals surface area contributed by atoms with Gasteiger partial charge in [0.25, 0.3) is 0 Å². The Balaban J connectivity index is 3.56. The van der Waals surface area contributed by atoms with Gasteiger partial charge in [-0.25, -0.2) is 4.79 Å². The number of hydrogen-bond donors (Lipinski definition) is 1. The van der Waals surface area contributed by atoms with E-state index >= 15 is 0 Å². The number of ether oxygens (including phenoxy) is 1. The van der Waals surface area contributed by atoms with Crippen molar-refractivity contribution in [3.63, 3.8) is 0 Å². The molecule has 1 aromatic carbocycles. The fraction of sp³-hybridized carbons (Fsp3) is 0.400. The van der Waals surface area contributed by atoms with Gasteiger partial charge in [-0.05, 0) is 19.1 Å². The molecule has 0 amide bonds. The van der Waals surface area contributed by atoms with Gasteiger partial charge in [-0.1, -0.05) is 17.7 Å². The van der Waals surface area contributed by atoms with Crippen LogP contribution in [0.1, 0.15) is 5.56 Å². The molecule has 0 radical (unpaired) electrons. The number of carbonyl (C=O) groups excluding carboxylic acids is 1. The molecule has 0 aromatic heterocycles. The highest BCUT2D eigenvalue weighted by molar-refractivity contribution is 5.88. The predicted molar refractivity (Wildman–Crippen MR) is 78.3 cm³/mol. The molecule has 0 saturated heterocycles. The van der Waals surface area contributed by atoms with Crippen molar-refractivity contribution in [3.05, 3.63) is 41.3 Å². The van der Waals surface area contributed by atoms with Crippen LogP contribution in [0.15, 0.2) is 46.0 Å². The second-order valence-electron chi connectivity index (χ2n) is 5.45. The molecule has 1 N–H and O–H groups in total. The summed E-state index contributed by atoms with van der Waals surface area (Å²) in [6.07, 6.45) is -7.10. The fourth-order valence-electron chi connectivity index (χ4n) is 1.67. The lowest BCUT2D eigenvalue weighted by atomic mass is 10.0. The number of aliphatic hydroxyl groups excluding tert-OH is 1. The average molecular weight is 438 g/mol. The highest BCUT2D eigenvalue weighted by Crippen LogP contribution is 2.55. The third-order valence-corrected chi connectivity index (χ3v) is 3.34. The summed E-state index contributed by atoms with van der Waals surface area (Å²) in [6.45, 7) is 1.63. The second kappa shape index (κ2) is 7.91. The van der Waals surface area contributed by atoms with Crippen molar-refractivity contribution in [3.8, 4) is 0 Å². The number of nitrogens with zero attached hydrogens (tertiary/aromatic N) is 2. The molecular weight excluding hydrogens is 427 g/mol. The quantitative estimate of drug-likeness (QED) is 0.210. The summed E-state index contributed by atoms with van der Waals surface area (Å²) < 4.78 is 121. The van der Waals surface area contributed by atoms with Crippen molar-refractivity contribution in [2.24, 2.45) is 10.2 Å². The molecule has 0 aliphatic heterocycles. The molecule has 14 heteroatoms. The summed E-state index contributed by atoms with van der Waals surface area (Å²) >= 11 is 0. The molecule has 0 atom stereocenters. The lowest BCUT2D eigenvalue weighted by Gasteiger charge is -2.33. The van der Waals surface area contributed by atoms with Crippen LogP contribution in [0.5, 0.6) is 0 Å². The largest absolute Gasteiger partial charge is 0.504 e. The monoisotopic (exact) mass is 438 g/mol. The van der Waals surface area contributed by atoms with Gasteiger partial charge in [0, 0.05) is 0 Å². The number of methoxy groups -OCH3 is 1. The van der Waals surface area contributed by atoms with Crippen LogP contribution in [0.3, 0.4) is 0 Å². The van der Waals surface area contributed by atoms with Gasteiger partial charge in [-0.3, -0.25) is 0 Å². The lowest BCUT2D eigenvalue weighted by molar-refractivity contribution is -0.392. The SMILES string of the molecule is COC(=O)/C(N=Nc1ccc(C)cc1)=C(/O)C(F)(F)C(F)(F)C(F)(F)C(F)(F)F. The van der Waals surface area contributed by atoms with E-state index in [4.69, 9.17) is 0 Å². The van der Waals surface area contributed by atoms with E-state index in [9.17, 15) is 49.4 Å². The Morgan fingerprint density at radius 2 is 1.41 bits per heavy atom. The summed E-state index contributed by atoms with van der Waals surface area (Å²) in [4.78, 5) is 11.5. The molecule has 1 aromatic rings. The first-order valence-electron chi connectivity index (χ1n) is 7.21. The Bertz CT molecular complexity index is 815. The van der Waals surface area contributed by atoms with E-state index in [0.29, 0.717) is 12.7 Å². The van der Waals surface area contributed by atoms with Crippen molar-refractivity contribution >= 4 is 11.7 Å². The number of allylic oxidation sites excluding steroid dienone is 1. The van der Waals surface area contributed by atoms with Crippen LogP contribution < -0.4 is 0 Å². The first-order chi connectivity index (χ1) is 13.0. The Labute approximate surface area is 156 Å². The minimum atomic E-state index is -7.27. The molecular formula is C15H11F9N2O3. The van der Waals surface area contributed by atoms with Crippen molar-refractivity contribution in [1.82, 2.24) is 0 Å². The maximum absolute atomic E-state index is 13.8.